The molecule has 2 heterocycles. The topological polar surface area (TPSA) is 93.2 Å². The first kappa shape index (κ1) is 22.6. The Balaban J connectivity index is 1.47. The maximum absolute atomic E-state index is 10.8. The molecule has 0 aliphatic carbocycles. The van der Waals surface area contributed by atoms with Crippen molar-refractivity contribution in [3.05, 3.63) is 82.6 Å². The van der Waals surface area contributed by atoms with Crippen molar-refractivity contribution in [1.82, 2.24) is 14.5 Å². The molecule has 170 valence electrons. The molecule has 0 saturated carbocycles. The summed E-state index contributed by atoms with van der Waals surface area (Å²) in [6.45, 7) is 4.25. The number of hydrogen-bond acceptors (Lipinski definition) is 6. The molecule has 2 aromatic heterocycles. The van der Waals surface area contributed by atoms with Gasteiger partial charge in [0.25, 0.3) is 0 Å². The van der Waals surface area contributed by atoms with Crippen LogP contribution in [0.4, 0.5) is 0 Å². The van der Waals surface area contributed by atoms with E-state index in [0.717, 1.165) is 34.2 Å². The molecule has 33 heavy (non-hydrogen) atoms. The third-order valence-electron chi connectivity index (χ3n) is 5.23. The van der Waals surface area contributed by atoms with Gasteiger partial charge in [0.05, 0.1) is 6.61 Å². The highest BCUT2D eigenvalue weighted by molar-refractivity contribution is 6.30. The minimum atomic E-state index is -1.10. The van der Waals surface area contributed by atoms with Crippen molar-refractivity contribution < 1.29 is 19.1 Å². The lowest BCUT2D eigenvalue weighted by Gasteiger charge is -2.11. The van der Waals surface area contributed by atoms with Gasteiger partial charge in [0.2, 0.25) is 0 Å². The Morgan fingerprint density at radius 1 is 1.18 bits per heavy atom. The van der Waals surface area contributed by atoms with E-state index < -0.39 is 5.97 Å². The molecule has 0 bridgehead atoms. The fraction of sp³-hybridized carbons (Fsp3) is 0.240. The van der Waals surface area contributed by atoms with E-state index in [-0.39, 0.29) is 6.42 Å². The van der Waals surface area contributed by atoms with Crippen LogP contribution in [0.5, 0.6) is 5.75 Å². The van der Waals surface area contributed by atoms with Crippen molar-refractivity contribution in [3.8, 4) is 23.0 Å². The van der Waals surface area contributed by atoms with Crippen LogP contribution in [0, 0.1) is 13.8 Å². The summed E-state index contributed by atoms with van der Waals surface area (Å²) < 4.78 is 13.8. The summed E-state index contributed by atoms with van der Waals surface area (Å²) >= 11 is 6.05. The van der Waals surface area contributed by atoms with Gasteiger partial charge in [-0.1, -0.05) is 35.9 Å². The molecule has 0 unspecified atom stereocenters. The lowest BCUT2D eigenvalue weighted by Crippen LogP contribution is -2.24. The standard InChI is InChI=1S/C25H24ClN3O4/c1-16-14-18(15-23(30)31)5-10-21(16)32-13-3-4-22-24(19-6-8-20(26)9-7-19)28-25(33-22)29-12-11-27-17(29)2/h5-12,14H,3-4,13,15H2,1-2H3,(H,30,31)/p-1. The molecule has 0 N–H and O–H groups in total. The number of carbonyl (C=O) groups is 1. The number of imidazole rings is 1. The van der Waals surface area contributed by atoms with Gasteiger partial charge < -0.3 is 19.1 Å². The third kappa shape index (κ3) is 5.43. The number of nitrogens with zero attached hydrogens (tertiary/aromatic N) is 3. The quantitative estimate of drug-likeness (QED) is 0.346. The molecule has 8 heteroatoms. The van der Waals surface area contributed by atoms with Gasteiger partial charge in [-0.25, -0.2) is 4.98 Å². The van der Waals surface area contributed by atoms with Crippen molar-refractivity contribution >= 4 is 17.6 Å². The Hall–Kier alpha value is -3.58. The van der Waals surface area contributed by atoms with E-state index in [2.05, 4.69) is 4.98 Å². The van der Waals surface area contributed by atoms with Crippen LogP contribution < -0.4 is 9.84 Å². The number of hydrogen-bond donors (Lipinski definition) is 0. The fourth-order valence-corrected chi connectivity index (χ4v) is 3.72. The minimum Gasteiger partial charge on any atom is -0.550 e. The maximum atomic E-state index is 10.8. The molecule has 0 amide bonds. The van der Waals surface area contributed by atoms with E-state index in [1.54, 1.807) is 29.0 Å². The van der Waals surface area contributed by atoms with E-state index >= 15 is 0 Å². The van der Waals surface area contributed by atoms with Gasteiger partial charge in [-0.05, 0) is 49.6 Å². The molecule has 4 aromatic rings. The van der Waals surface area contributed by atoms with Crippen molar-refractivity contribution in [2.45, 2.75) is 33.1 Å². The van der Waals surface area contributed by atoms with Crippen LogP contribution in [0.15, 0.2) is 59.3 Å². The second-order valence-electron chi connectivity index (χ2n) is 7.72. The van der Waals surface area contributed by atoms with Crippen LogP contribution in [-0.4, -0.2) is 27.1 Å². The lowest BCUT2D eigenvalue weighted by molar-refractivity contribution is -0.304. The van der Waals surface area contributed by atoms with Gasteiger partial charge in [0.15, 0.2) is 0 Å². The first-order valence-corrected chi connectivity index (χ1v) is 11.0. The molecule has 0 fully saturated rings. The Bertz CT molecular complexity index is 1260. The molecule has 7 nitrogen and oxygen atoms in total. The fourth-order valence-electron chi connectivity index (χ4n) is 3.59. The number of rotatable bonds is 9. The van der Waals surface area contributed by atoms with Gasteiger partial charge in [-0.2, -0.15) is 4.98 Å². The summed E-state index contributed by atoms with van der Waals surface area (Å²) in [5.41, 5.74) is 3.25. The number of oxazole rings is 1. The number of carboxylic acids is 1. The van der Waals surface area contributed by atoms with Crippen molar-refractivity contribution in [3.63, 3.8) is 0 Å². The largest absolute Gasteiger partial charge is 0.550 e. The average Bonchev–Trinajstić information content (AvgIpc) is 3.38. The van der Waals surface area contributed by atoms with Crippen LogP contribution in [0.1, 0.15) is 29.1 Å². The van der Waals surface area contributed by atoms with Crippen LogP contribution in [0.2, 0.25) is 5.02 Å². The Morgan fingerprint density at radius 3 is 2.64 bits per heavy atom. The van der Waals surface area contributed by atoms with Crippen LogP contribution in [-0.2, 0) is 17.6 Å². The Kier molecular flexibility index (Phi) is 6.79. The van der Waals surface area contributed by atoms with Gasteiger partial charge in [0.1, 0.15) is 23.0 Å². The second kappa shape index (κ2) is 9.92. The summed E-state index contributed by atoms with van der Waals surface area (Å²) in [7, 11) is 0. The molecule has 0 saturated heterocycles. The zero-order chi connectivity index (χ0) is 23.4. The number of halogens is 1. The highest BCUT2D eigenvalue weighted by Crippen LogP contribution is 2.28. The number of ether oxygens (including phenoxy) is 1. The molecule has 0 aliphatic rings. The van der Waals surface area contributed by atoms with E-state index in [4.69, 9.17) is 25.7 Å². The average molecular weight is 465 g/mol. The van der Waals surface area contributed by atoms with Gasteiger partial charge in [0, 0.05) is 41.8 Å². The Morgan fingerprint density at radius 2 is 1.97 bits per heavy atom. The molecule has 0 atom stereocenters. The number of benzene rings is 2. The number of aliphatic carboxylic acids is 1. The summed E-state index contributed by atoms with van der Waals surface area (Å²) in [6.07, 6.45) is 4.74. The van der Waals surface area contributed by atoms with Gasteiger partial charge in [-0.3, -0.25) is 4.57 Å². The zero-order valence-electron chi connectivity index (χ0n) is 18.4. The number of carboxylic acid groups (broad SMARTS) is 1. The molecule has 0 aliphatic heterocycles. The van der Waals surface area contributed by atoms with Crippen LogP contribution in [0.25, 0.3) is 17.3 Å². The molecule has 4 rings (SSSR count). The molecular weight excluding hydrogens is 442 g/mol. The zero-order valence-corrected chi connectivity index (χ0v) is 19.1. The van der Waals surface area contributed by atoms with Gasteiger partial charge >= 0.3 is 6.01 Å². The molecule has 0 radical (unpaired) electrons. The van der Waals surface area contributed by atoms with Crippen molar-refractivity contribution in [2.75, 3.05) is 6.61 Å². The number of aromatic nitrogens is 3. The molecule has 2 aromatic carbocycles. The predicted molar refractivity (Wildman–Crippen MR) is 123 cm³/mol. The molecule has 0 spiro atoms. The third-order valence-corrected chi connectivity index (χ3v) is 5.48. The van der Waals surface area contributed by atoms with E-state index in [9.17, 15) is 9.90 Å². The first-order chi connectivity index (χ1) is 15.9. The summed E-state index contributed by atoms with van der Waals surface area (Å²) in [5, 5.41) is 11.4. The normalized spacial score (nSPS) is 11.0. The maximum Gasteiger partial charge on any atom is 0.307 e. The monoisotopic (exact) mass is 464 g/mol. The minimum absolute atomic E-state index is 0.112. The summed E-state index contributed by atoms with van der Waals surface area (Å²) in [6, 6.07) is 13.3. The van der Waals surface area contributed by atoms with Crippen molar-refractivity contribution in [1.29, 1.82) is 0 Å². The molecular formula is C25H23ClN3O4-. The predicted octanol–water partition coefficient (Wildman–Crippen LogP) is 4.10. The SMILES string of the molecule is Cc1cc(CC(=O)[O-])ccc1OCCCc1oc(-n2ccnc2C)nc1-c1ccc(Cl)cc1. The van der Waals surface area contributed by atoms with E-state index in [1.807, 2.05) is 44.3 Å². The number of aryl methyl sites for hydroxylation is 3. The van der Waals surface area contributed by atoms with E-state index in [1.165, 1.54) is 0 Å². The lowest BCUT2D eigenvalue weighted by atomic mass is 10.1. The van der Waals surface area contributed by atoms with Crippen LogP contribution >= 0.6 is 11.6 Å². The van der Waals surface area contributed by atoms with Crippen LogP contribution in [0.3, 0.4) is 0 Å². The highest BCUT2D eigenvalue weighted by Gasteiger charge is 2.17. The van der Waals surface area contributed by atoms with E-state index in [0.29, 0.717) is 36.0 Å². The van der Waals surface area contributed by atoms with Gasteiger partial charge in [-0.15, -0.1) is 0 Å². The first-order valence-electron chi connectivity index (χ1n) is 10.6. The summed E-state index contributed by atoms with van der Waals surface area (Å²) in [4.78, 5) is 19.7. The second-order valence-corrected chi connectivity index (χ2v) is 8.16. The number of carbonyl (C=O) groups excluding carboxylic acids is 1. The Labute approximate surface area is 196 Å². The van der Waals surface area contributed by atoms with Crippen molar-refractivity contribution in [2.24, 2.45) is 0 Å². The summed E-state index contributed by atoms with van der Waals surface area (Å²) in [5.74, 6) is 1.16. The highest BCUT2D eigenvalue weighted by atomic mass is 35.5. The smallest absolute Gasteiger partial charge is 0.307 e.